The molecule has 6 heteroatoms. The molecule has 3 atom stereocenters. The zero-order valence-electron chi connectivity index (χ0n) is 15.7. The molecule has 0 saturated heterocycles. The average Bonchev–Trinajstić information content (AvgIpc) is 2.45. The molecular formula is C18H32N2O4. The molecule has 0 unspecified atom stereocenters. The average molecular weight is 340 g/mol. The summed E-state index contributed by atoms with van der Waals surface area (Å²) in [7, 11) is 0. The Bertz CT molecular complexity index is 452. The number of carbonyl (C=O) groups excluding carboxylic acids is 2. The smallest absolute Gasteiger partial charge is 0.407 e. The lowest BCUT2D eigenvalue weighted by molar-refractivity contribution is -0.121. The van der Waals surface area contributed by atoms with Crippen molar-refractivity contribution in [3.05, 3.63) is 12.2 Å². The van der Waals surface area contributed by atoms with Crippen LogP contribution in [0.2, 0.25) is 0 Å². The summed E-state index contributed by atoms with van der Waals surface area (Å²) in [6.07, 6.45) is 5.73. The van der Waals surface area contributed by atoms with Crippen LogP contribution in [0.5, 0.6) is 0 Å². The molecule has 0 heterocycles. The van der Waals surface area contributed by atoms with E-state index < -0.39 is 11.7 Å². The molecule has 0 radical (unpaired) electrons. The van der Waals surface area contributed by atoms with Gasteiger partial charge in [0.25, 0.3) is 0 Å². The molecule has 0 bridgehead atoms. The molecule has 2 amide bonds. The van der Waals surface area contributed by atoms with Crippen LogP contribution in [0.1, 0.15) is 60.8 Å². The quantitative estimate of drug-likeness (QED) is 0.729. The zero-order valence-corrected chi connectivity index (χ0v) is 15.7. The summed E-state index contributed by atoms with van der Waals surface area (Å²) in [6, 6.07) is -0.589. The number of ether oxygens (including phenoxy) is 2. The van der Waals surface area contributed by atoms with Gasteiger partial charge in [-0.05, 0) is 40.0 Å². The summed E-state index contributed by atoms with van der Waals surface area (Å²) in [4.78, 5) is 23.7. The third-order valence-corrected chi connectivity index (χ3v) is 3.84. The Hall–Kier alpha value is -1.56. The number of hydrogen-bond acceptors (Lipinski definition) is 4. The highest BCUT2D eigenvalue weighted by molar-refractivity contribution is 5.74. The van der Waals surface area contributed by atoms with E-state index in [4.69, 9.17) is 9.47 Å². The van der Waals surface area contributed by atoms with E-state index in [-0.39, 0.29) is 30.2 Å². The highest BCUT2D eigenvalue weighted by Gasteiger charge is 2.34. The number of hydrogen-bond donors (Lipinski definition) is 2. The minimum absolute atomic E-state index is 0.121. The molecule has 6 nitrogen and oxygen atoms in total. The van der Waals surface area contributed by atoms with Crippen LogP contribution in [-0.2, 0) is 14.3 Å². The second kappa shape index (κ2) is 9.06. The molecule has 0 spiro atoms. The Labute approximate surface area is 145 Å². The van der Waals surface area contributed by atoms with Crippen LogP contribution in [0.25, 0.3) is 0 Å². The fourth-order valence-electron chi connectivity index (χ4n) is 2.71. The van der Waals surface area contributed by atoms with Crippen molar-refractivity contribution in [3.63, 3.8) is 0 Å². The van der Waals surface area contributed by atoms with Crippen LogP contribution < -0.4 is 10.6 Å². The fourth-order valence-corrected chi connectivity index (χ4v) is 2.71. The van der Waals surface area contributed by atoms with Gasteiger partial charge in [0.2, 0.25) is 5.91 Å². The molecule has 138 valence electrons. The van der Waals surface area contributed by atoms with Crippen LogP contribution in [0.3, 0.4) is 0 Å². The van der Waals surface area contributed by atoms with Crippen molar-refractivity contribution in [1.82, 2.24) is 10.6 Å². The molecule has 2 N–H and O–H groups in total. The zero-order chi connectivity index (χ0) is 18.3. The van der Waals surface area contributed by atoms with Crippen molar-refractivity contribution >= 4 is 12.0 Å². The second-order valence-electron chi connectivity index (χ2n) is 7.18. The van der Waals surface area contributed by atoms with Crippen molar-refractivity contribution in [2.24, 2.45) is 0 Å². The molecule has 0 saturated carbocycles. The normalized spacial score (nSPS) is 23.9. The maximum absolute atomic E-state index is 12.1. The van der Waals surface area contributed by atoms with Crippen LogP contribution in [0.4, 0.5) is 4.79 Å². The molecular weight excluding hydrogens is 308 g/mol. The van der Waals surface area contributed by atoms with Gasteiger partial charge in [0.15, 0.2) is 0 Å². The van der Waals surface area contributed by atoms with Gasteiger partial charge in [0, 0.05) is 6.92 Å². The third kappa shape index (κ3) is 6.91. The van der Waals surface area contributed by atoms with Crippen molar-refractivity contribution in [3.8, 4) is 0 Å². The number of carbonyl (C=O) groups is 2. The predicted octanol–water partition coefficient (Wildman–Crippen LogP) is 2.92. The van der Waals surface area contributed by atoms with Gasteiger partial charge in [-0.15, -0.1) is 0 Å². The lowest BCUT2D eigenvalue weighted by Gasteiger charge is -2.37. The first-order valence-electron chi connectivity index (χ1n) is 8.75. The first-order valence-corrected chi connectivity index (χ1v) is 8.75. The summed E-state index contributed by atoms with van der Waals surface area (Å²) >= 11 is 0. The minimum atomic E-state index is -0.566. The van der Waals surface area contributed by atoms with Crippen molar-refractivity contribution in [1.29, 1.82) is 0 Å². The van der Waals surface area contributed by atoms with Gasteiger partial charge in [-0.1, -0.05) is 26.0 Å². The van der Waals surface area contributed by atoms with Crippen molar-refractivity contribution < 1.29 is 19.1 Å². The lowest BCUT2D eigenvalue weighted by atomic mass is 9.93. The number of nitrogens with one attached hydrogen (secondary N) is 2. The fraction of sp³-hybridized carbons (Fsp3) is 0.778. The largest absolute Gasteiger partial charge is 0.444 e. The van der Waals surface area contributed by atoms with E-state index in [9.17, 15) is 9.59 Å². The number of alkyl carbamates (subject to hydrolysis) is 1. The van der Waals surface area contributed by atoms with Gasteiger partial charge < -0.3 is 20.1 Å². The first kappa shape index (κ1) is 20.5. The summed E-state index contributed by atoms with van der Waals surface area (Å²) in [6.45, 7) is 11.1. The van der Waals surface area contributed by atoms with Gasteiger partial charge in [0.05, 0.1) is 24.3 Å². The van der Waals surface area contributed by atoms with E-state index in [1.165, 1.54) is 6.92 Å². The molecule has 0 aromatic carbocycles. The van der Waals surface area contributed by atoms with Crippen molar-refractivity contribution in [2.45, 2.75) is 90.7 Å². The molecule has 1 aliphatic carbocycles. The number of rotatable bonds is 6. The van der Waals surface area contributed by atoms with Gasteiger partial charge in [-0.25, -0.2) is 4.79 Å². The molecule has 0 aromatic heterocycles. The van der Waals surface area contributed by atoms with Gasteiger partial charge >= 0.3 is 6.09 Å². The van der Waals surface area contributed by atoms with Crippen LogP contribution in [0, 0.1) is 0 Å². The Morgan fingerprint density at radius 2 is 1.83 bits per heavy atom. The predicted molar refractivity (Wildman–Crippen MR) is 93.8 cm³/mol. The van der Waals surface area contributed by atoms with Gasteiger partial charge in [-0.2, -0.15) is 0 Å². The minimum Gasteiger partial charge on any atom is -0.444 e. The highest BCUT2D eigenvalue weighted by Crippen LogP contribution is 2.20. The summed E-state index contributed by atoms with van der Waals surface area (Å²) in [5.74, 6) is -0.149. The van der Waals surface area contributed by atoms with Crippen LogP contribution in [-0.4, -0.2) is 41.9 Å². The van der Waals surface area contributed by atoms with E-state index in [0.29, 0.717) is 6.42 Å². The Morgan fingerprint density at radius 1 is 1.21 bits per heavy atom. The Kier molecular flexibility index (Phi) is 7.73. The molecule has 0 aliphatic heterocycles. The maximum atomic E-state index is 12.1. The molecule has 0 aromatic rings. The van der Waals surface area contributed by atoms with E-state index in [1.807, 2.05) is 32.9 Å². The summed E-state index contributed by atoms with van der Waals surface area (Å²) in [5, 5.41) is 5.78. The summed E-state index contributed by atoms with van der Waals surface area (Å²) < 4.78 is 11.4. The van der Waals surface area contributed by atoms with Crippen LogP contribution in [0.15, 0.2) is 12.2 Å². The van der Waals surface area contributed by atoms with E-state index >= 15 is 0 Å². The summed E-state index contributed by atoms with van der Waals surface area (Å²) in [5.41, 5.74) is -0.566. The first-order chi connectivity index (χ1) is 11.2. The SMILES string of the molecule is CCC(CC)O[C@@H]1C=CC[C@H](NC(=O)OC(C)(C)C)[C@H]1NC(C)=O. The van der Waals surface area contributed by atoms with Gasteiger partial charge in [0.1, 0.15) is 5.60 Å². The highest BCUT2D eigenvalue weighted by atomic mass is 16.6. The van der Waals surface area contributed by atoms with Gasteiger partial charge in [-0.3, -0.25) is 4.79 Å². The van der Waals surface area contributed by atoms with Crippen molar-refractivity contribution in [2.75, 3.05) is 0 Å². The second-order valence-corrected chi connectivity index (χ2v) is 7.18. The standard InChI is InChI=1S/C18H32N2O4/c1-7-13(8-2)23-15-11-9-10-14(16(15)19-12(3)21)20-17(22)24-18(4,5)6/h9,11,13-16H,7-8,10H2,1-6H3,(H,19,21)(H,20,22)/t14-,15+,16+/m0/s1. The Balaban J connectivity index is 2.84. The monoisotopic (exact) mass is 340 g/mol. The Morgan fingerprint density at radius 3 is 2.33 bits per heavy atom. The molecule has 1 rings (SSSR count). The molecule has 1 aliphatic rings. The lowest BCUT2D eigenvalue weighted by Crippen LogP contribution is -2.59. The topological polar surface area (TPSA) is 76.7 Å². The van der Waals surface area contributed by atoms with E-state index in [1.54, 1.807) is 0 Å². The maximum Gasteiger partial charge on any atom is 0.407 e. The molecule has 24 heavy (non-hydrogen) atoms. The number of amides is 2. The van der Waals surface area contributed by atoms with E-state index in [2.05, 4.69) is 24.5 Å². The third-order valence-electron chi connectivity index (χ3n) is 3.84. The van der Waals surface area contributed by atoms with Crippen LogP contribution >= 0.6 is 0 Å². The van der Waals surface area contributed by atoms with E-state index in [0.717, 1.165) is 12.8 Å². The molecule has 0 fully saturated rings.